The van der Waals surface area contributed by atoms with Crippen LogP contribution in [0.3, 0.4) is 0 Å². The Morgan fingerprint density at radius 1 is 0.688 bits per heavy atom. The highest BCUT2D eigenvalue weighted by atomic mass is 28.4. The Morgan fingerprint density at radius 3 is 1.50 bits per heavy atom. The van der Waals surface area contributed by atoms with Gasteiger partial charge < -0.3 is 18.0 Å². The summed E-state index contributed by atoms with van der Waals surface area (Å²) >= 11 is 0. The second-order valence-electron chi connectivity index (χ2n) is 14.6. The predicted molar refractivity (Wildman–Crippen MR) is 146 cm³/mol. The summed E-state index contributed by atoms with van der Waals surface area (Å²) in [6.45, 7) is 37.5. The quantitative estimate of drug-likeness (QED) is 0.328. The summed E-state index contributed by atoms with van der Waals surface area (Å²) in [5, 5.41) is 0.495. The lowest BCUT2D eigenvalue weighted by Gasteiger charge is -2.49. The molecule has 4 unspecified atom stereocenters. The molecule has 4 atom stereocenters. The number of ether oxygens (including phenoxy) is 1. The van der Waals surface area contributed by atoms with Crippen molar-refractivity contribution >= 4 is 25.0 Å². The van der Waals surface area contributed by atoms with Crippen LogP contribution in [0, 0.1) is 5.92 Å². The monoisotopic (exact) mass is 504 g/mol. The van der Waals surface area contributed by atoms with Gasteiger partial charge in [-0.3, -0.25) is 0 Å². The summed E-state index contributed by atoms with van der Waals surface area (Å²) in [6.07, 6.45) is 0.696. The van der Waals surface area contributed by atoms with Gasteiger partial charge in [0.05, 0.1) is 18.8 Å². The Labute approximate surface area is 203 Å². The van der Waals surface area contributed by atoms with Gasteiger partial charge in [-0.15, -0.1) is 0 Å². The van der Waals surface area contributed by atoms with Crippen LogP contribution in [-0.4, -0.2) is 50.1 Å². The molecular formula is C25H56O4Si3. The highest BCUT2D eigenvalue weighted by molar-refractivity contribution is 6.75. The zero-order valence-corrected chi connectivity index (χ0v) is 27.4. The number of rotatable bonds is 7. The second-order valence-corrected chi connectivity index (χ2v) is 28.9. The first-order chi connectivity index (χ1) is 13.9. The molecule has 0 aromatic rings. The average molecular weight is 505 g/mol. The van der Waals surface area contributed by atoms with E-state index in [0.29, 0.717) is 6.61 Å². The van der Waals surface area contributed by atoms with Crippen LogP contribution >= 0.6 is 0 Å². The molecule has 0 aliphatic carbocycles. The van der Waals surface area contributed by atoms with E-state index >= 15 is 0 Å². The third kappa shape index (κ3) is 7.49. The largest absolute Gasteiger partial charge is 0.414 e. The molecule has 1 saturated heterocycles. The molecule has 7 heteroatoms. The highest BCUT2D eigenvalue weighted by Crippen LogP contribution is 2.43. The zero-order valence-electron chi connectivity index (χ0n) is 24.4. The maximum Gasteiger partial charge on any atom is 0.195 e. The third-order valence-electron chi connectivity index (χ3n) is 8.82. The van der Waals surface area contributed by atoms with Crippen molar-refractivity contribution in [2.24, 2.45) is 5.92 Å². The molecule has 0 radical (unpaired) electrons. The van der Waals surface area contributed by atoms with Gasteiger partial charge >= 0.3 is 0 Å². The molecule has 0 spiro atoms. The summed E-state index contributed by atoms with van der Waals surface area (Å²) in [6, 6.07) is 0. The van der Waals surface area contributed by atoms with Gasteiger partial charge in [0.2, 0.25) is 0 Å². The van der Waals surface area contributed by atoms with Gasteiger partial charge in [-0.1, -0.05) is 69.2 Å². The molecule has 4 nitrogen and oxygen atoms in total. The normalized spacial score (nSPS) is 27.0. The number of hydrogen-bond donors (Lipinski definition) is 0. The van der Waals surface area contributed by atoms with Crippen LogP contribution in [-0.2, 0) is 18.0 Å². The lowest BCUT2D eigenvalue weighted by Crippen LogP contribution is -2.56. The first kappa shape index (κ1) is 30.5. The van der Waals surface area contributed by atoms with Crippen molar-refractivity contribution in [3.8, 4) is 0 Å². The standard InChI is InChI=1S/C25H56O4Si3/c1-19-20(28-31(13,14)24(5,6)7)17-22(29-32(15,16)25(8,9)10)27-21(19)18-26-30(11,12)23(2,3)4/h19-22H,17-18H2,1-16H3. The van der Waals surface area contributed by atoms with Crippen LogP contribution < -0.4 is 0 Å². The van der Waals surface area contributed by atoms with Crippen molar-refractivity contribution in [1.82, 2.24) is 0 Å². The van der Waals surface area contributed by atoms with Crippen molar-refractivity contribution in [3.05, 3.63) is 0 Å². The Balaban J connectivity index is 3.15. The van der Waals surface area contributed by atoms with E-state index in [-0.39, 0.29) is 39.5 Å². The Bertz CT molecular complexity index is 612. The predicted octanol–water partition coefficient (Wildman–Crippen LogP) is 8.17. The van der Waals surface area contributed by atoms with Crippen LogP contribution in [0.1, 0.15) is 75.7 Å². The van der Waals surface area contributed by atoms with E-state index in [0.717, 1.165) is 6.42 Å². The first-order valence-electron chi connectivity index (χ1n) is 12.6. The Kier molecular flexibility index (Phi) is 9.40. The van der Waals surface area contributed by atoms with E-state index in [9.17, 15) is 0 Å². The smallest absolute Gasteiger partial charge is 0.195 e. The van der Waals surface area contributed by atoms with Gasteiger partial charge in [-0.2, -0.15) is 0 Å². The molecule has 1 rings (SSSR count). The summed E-state index contributed by atoms with van der Waals surface area (Å²) in [7, 11) is -5.73. The molecule has 0 aromatic heterocycles. The fraction of sp³-hybridized carbons (Fsp3) is 1.00. The molecule has 1 aliphatic heterocycles. The Morgan fingerprint density at radius 2 is 1.09 bits per heavy atom. The van der Waals surface area contributed by atoms with E-state index in [2.05, 4.69) is 109 Å². The molecule has 1 aliphatic rings. The fourth-order valence-electron chi connectivity index (χ4n) is 3.01. The molecule has 0 amide bonds. The van der Waals surface area contributed by atoms with Crippen molar-refractivity contribution in [2.45, 2.75) is 149 Å². The maximum atomic E-state index is 6.97. The van der Waals surface area contributed by atoms with Gasteiger partial charge in [-0.05, 0) is 54.4 Å². The van der Waals surface area contributed by atoms with Gasteiger partial charge in [0, 0.05) is 12.3 Å². The third-order valence-corrected chi connectivity index (χ3v) is 22.3. The van der Waals surface area contributed by atoms with Crippen LogP contribution in [0.4, 0.5) is 0 Å². The molecule has 0 N–H and O–H groups in total. The first-order valence-corrected chi connectivity index (χ1v) is 21.3. The zero-order chi connectivity index (χ0) is 25.6. The van der Waals surface area contributed by atoms with Crippen molar-refractivity contribution in [3.63, 3.8) is 0 Å². The molecular weight excluding hydrogens is 449 g/mol. The molecule has 192 valence electrons. The van der Waals surface area contributed by atoms with Crippen LogP contribution in [0.25, 0.3) is 0 Å². The summed E-state index contributed by atoms with van der Waals surface area (Å²) in [4.78, 5) is 0. The highest BCUT2D eigenvalue weighted by Gasteiger charge is 2.48. The summed E-state index contributed by atoms with van der Waals surface area (Å²) in [5.41, 5.74) is 0. The Hall–Kier alpha value is 0.491. The van der Waals surface area contributed by atoms with Crippen LogP contribution in [0.15, 0.2) is 0 Å². The van der Waals surface area contributed by atoms with Gasteiger partial charge in [0.1, 0.15) is 0 Å². The topological polar surface area (TPSA) is 36.9 Å². The van der Waals surface area contributed by atoms with Crippen LogP contribution in [0.2, 0.25) is 54.4 Å². The fourth-order valence-corrected chi connectivity index (χ4v) is 6.61. The SMILES string of the molecule is CC1C(CO[Si](C)(C)C(C)(C)C)OC(O[Si](C)(C)C(C)(C)C)CC1O[Si](C)(C)C(C)(C)C. The van der Waals surface area contributed by atoms with Crippen molar-refractivity contribution in [1.29, 1.82) is 0 Å². The lowest BCUT2D eigenvalue weighted by atomic mass is 9.93. The van der Waals surface area contributed by atoms with Gasteiger partial charge in [0.25, 0.3) is 0 Å². The maximum absolute atomic E-state index is 6.97. The molecule has 0 saturated carbocycles. The molecule has 0 aromatic carbocycles. The van der Waals surface area contributed by atoms with Gasteiger partial charge in [0.15, 0.2) is 31.2 Å². The number of hydrogen-bond acceptors (Lipinski definition) is 4. The van der Waals surface area contributed by atoms with E-state index < -0.39 is 25.0 Å². The van der Waals surface area contributed by atoms with Gasteiger partial charge in [-0.25, -0.2) is 0 Å². The van der Waals surface area contributed by atoms with E-state index in [1.165, 1.54) is 0 Å². The van der Waals surface area contributed by atoms with Crippen LogP contribution in [0.5, 0.6) is 0 Å². The van der Waals surface area contributed by atoms with Crippen molar-refractivity contribution < 1.29 is 18.0 Å². The molecule has 1 heterocycles. The minimum absolute atomic E-state index is 0.0117. The minimum atomic E-state index is -1.96. The van der Waals surface area contributed by atoms with E-state index in [4.69, 9.17) is 18.0 Å². The molecule has 1 fully saturated rings. The average Bonchev–Trinajstić information content (AvgIpc) is 2.52. The summed E-state index contributed by atoms with van der Waals surface area (Å²) in [5.74, 6) is 0.271. The van der Waals surface area contributed by atoms with Crippen molar-refractivity contribution in [2.75, 3.05) is 6.61 Å². The molecule has 0 bridgehead atoms. The minimum Gasteiger partial charge on any atom is -0.414 e. The summed E-state index contributed by atoms with van der Waals surface area (Å²) < 4.78 is 27.0. The lowest BCUT2D eigenvalue weighted by molar-refractivity contribution is -0.208. The van der Waals surface area contributed by atoms with E-state index in [1.54, 1.807) is 0 Å². The van der Waals surface area contributed by atoms with E-state index in [1.807, 2.05) is 0 Å². The molecule has 32 heavy (non-hydrogen) atoms. The second kappa shape index (κ2) is 9.86.